The zero-order valence-corrected chi connectivity index (χ0v) is 5.54. The number of aromatic amines is 1. The van der Waals surface area contributed by atoms with Crippen molar-refractivity contribution in [1.29, 1.82) is 0 Å². The fourth-order valence-electron chi connectivity index (χ4n) is 0.719. The lowest BCUT2D eigenvalue weighted by Gasteiger charge is -1.99. The lowest BCUT2D eigenvalue weighted by Crippen LogP contribution is -2.06. The molecule has 0 saturated heterocycles. The van der Waals surface area contributed by atoms with Crippen molar-refractivity contribution in [3.8, 4) is 5.75 Å². The highest BCUT2D eigenvalue weighted by molar-refractivity contribution is 5.25. The van der Waals surface area contributed by atoms with Gasteiger partial charge in [-0.2, -0.15) is 0 Å². The van der Waals surface area contributed by atoms with Crippen LogP contribution in [0.25, 0.3) is 0 Å². The van der Waals surface area contributed by atoms with Crippen LogP contribution in [0.5, 0.6) is 5.75 Å². The van der Waals surface area contributed by atoms with Crippen LogP contribution in [0.4, 0.5) is 0 Å². The number of rotatable bonds is 2. The van der Waals surface area contributed by atoms with Gasteiger partial charge in [0.15, 0.2) is 0 Å². The van der Waals surface area contributed by atoms with E-state index in [-0.39, 0.29) is 11.8 Å². The summed E-state index contributed by atoms with van der Waals surface area (Å²) in [5.74, 6) is 0.201. The third-order valence-corrected chi connectivity index (χ3v) is 1.30. The molecule has 1 rings (SSSR count). The average Bonchev–Trinajstić information content (AvgIpc) is 2.34. The van der Waals surface area contributed by atoms with Crippen molar-refractivity contribution in [3.63, 3.8) is 0 Å². The molecule has 3 nitrogen and oxygen atoms in total. The molecular formula is C7H10N2O. The Kier molecular flexibility index (Phi) is 1.78. The van der Waals surface area contributed by atoms with Crippen molar-refractivity contribution in [3.05, 3.63) is 30.6 Å². The molecule has 1 aromatic heterocycles. The summed E-state index contributed by atoms with van der Waals surface area (Å²) in [6.07, 6.45) is 3.09. The number of hydrogen-bond donors (Lipinski definition) is 3. The van der Waals surface area contributed by atoms with E-state index in [1.54, 1.807) is 12.1 Å². The van der Waals surface area contributed by atoms with E-state index in [1.807, 2.05) is 0 Å². The lowest BCUT2D eigenvalue weighted by molar-refractivity contribution is 0.476. The first-order valence-corrected chi connectivity index (χ1v) is 2.99. The molecule has 0 spiro atoms. The average molecular weight is 138 g/mol. The standard InChI is InChI=1S/C7H10N2O/c1-2-6(8)7-3-5(10)4-9-7/h2-4,6,9-10H,1,8H2/t6-/m1/s1. The smallest absolute Gasteiger partial charge is 0.133 e. The van der Waals surface area contributed by atoms with Crippen LogP contribution >= 0.6 is 0 Å². The van der Waals surface area contributed by atoms with E-state index in [4.69, 9.17) is 10.8 Å². The second kappa shape index (κ2) is 2.58. The minimum absolute atomic E-state index is 0.201. The number of hydrogen-bond acceptors (Lipinski definition) is 2. The summed E-state index contributed by atoms with van der Waals surface area (Å²) < 4.78 is 0. The summed E-state index contributed by atoms with van der Waals surface area (Å²) in [6.45, 7) is 3.52. The molecule has 1 aromatic rings. The highest BCUT2D eigenvalue weighted by atomic mass is 16.3. The zero-order chi connectivity index (χ0) is 7.56. The Bertz CT molecular complexity index is 229. The van der Waals surface area contributed by atoms with Crippen LogP contribution in [-0.4, -0.2) is 10.1 Å². The van der Waals surface area contributed by atoms with Gasteiger partial charge in [-0.15, -0.1) is 6.58 Å². The number of H-pyrrole nitrogens is 1. The van der Waals surface area contributed by atoms with Crippen LogP contribution in [0, 0.1) is 0 Å². The molecule has 0 radical (unpaired) electrons. The summed E-state index contributed by atoms with van der Waals surface area (Å²) in [7, 11) is 0. The summed E-state index contributed by atoms with van der Waals surface area (Å²) in [4.78, 5) is 2.81. The van der Waals surface area contributed by atoms with Crippen LogP contribution in [0.2, 0.25) is 0 Å². The van der Waals surface area contributed by atoms with Gasteiger partial charge in [-0.25, -0.2) is 0 Å². The van der Waals surface area contributed by atoms with Crippen molar-refractivity contribution >= 4 is 0 Å². The van der Waals surface area contributed by atoms with Gasteiger partial charge in [-0.05, 0) is 0 Å². The first-order chi connectivity index (χ1) is 4.74. The monoisotopic (exact) mass is 138 g/mol. The summed E-state index contributed by atoms with van der Waals surface area (Å²) >= 11 is 0. The molecule has 0 aliphatic carbocycles. The predicted octanol–water partition coefficient (Wildman–Crippen LogP) is 0.906. The molecule has 0 amide bonds. The second-order valence-corrected chi connectivity index (χ2v) is 2.07. The molecule has 1 atom stereocenters. The molecule has 4 N–H and O–H groups in total. The number of nitrogens with two attached hydrogens (primary N) is 1. The van der Waals surface area contributed by atoms with Gasteiger partial charge in [0, 0.05) is 18.0 Å². The molecule has 3 heteroatoms. The first kappa shape index (κ1) is 6.89. The van der Waals surface area contributed by atoms with Crippen molar-refractivity contribution in [2.45, 2.75) is 6.04 Å². The number of aromatic nitrogens is 1. The van der Waals surface area contributed by atoms with E-state index in [1.165, 1.54) is 6.20 Å². The van der Waals surface area contributed by atoms with Gasteiger partial charge in [-0.1, -0.05) is 6.08 Å². The fraction of sp³-hybridized carbons (Fsp3) is 0.143. The van der Waals surface area contributed by atoms with E-state index in [0.29, 0.717) is 0 Å². The SMILES string of the molecule is C=C[C@@H](N)c1cc(O)c[nH]1. The van der Waals surface area contributed by atoms with Crippen LogP contribution in [0.15, 0.2) is 24.9 Å². The Balaban J connectivity index is 2.84. The van der Waals surface area contributed by atoms with Crippen LogP contribution in [-0.2, 0) is 0 Å². The van der Waals surface area contributed by atoms with Crippen molar-refractivity contribution < 1.29 is 5.11 Å². The van der Waals surface area contributed by atoms with Crippen LogP contribution < -0.4 is 5.73 Å². The van der Waals surface area contributed by atoms with Gasteiger partial charge in [0.25, 0.3) is 0 Å². The molecule has 10 heavy (non-hydrogen) atoms. The predicted molar refractivity (Wildman–Crippen MR) is 39.6 cm³/mol. The van der Waals surface area contributed by atoms with Crippen LogP contribution in [0.3, 0.4) is 0 Å². The molecular weight excluding hydrogens is 128 g/mol. The molecule has 0 unspecified atom stereocenters. The molecule has 0 bridgehead atoms. The van der Waals surface area contributed by atoms with Crippen LogP contribution in [0.1, 0.15) is 11.7 Å². The Labute approximate surface area is 59.2 Å². The Hall–Kier alpha value is -1.22. The lowest BCUT2D eigenvalue weighted by atomic mass is 10.2. The molecule has 0 saturated carbocycles. The highest BCUT2D eigenvalue weighted by Crippen LogP contribution is 2.15. The van der Waals surface area contributed by atoms with E-state index in [0.717, 1.165) is 5.69 Å². The van der Waals surface area contributed by atoms with E-state index < -0.39 is 0 Å². The maximum absolute atomic E-state index is 8.88. The van der Waals surface area contributed by atoms with Crippen molar-refractivity contribution in [1.82, 2.24) is 4.98 Å². The molecule has 0 fully saturated rings. The van der Waals surface area contributed by atoms with Gasteiger partial charge in [0.2, 0.25) is 0 Å². The third kappa shape index (κ3) is 1.19. The Morgan fingerprint density at radius 2 is 2.50 bits per heavy atom. The second-order valence-electron chi connectivity index (χ2n) is 2.07. The Morgan fingerprint density at radius 3 is 2.90 bits per heavy atom. The van der Waals surface area contributed by atoms with Gasteiger partial charge >= 0.3 is 0 Å². The summed E-state index contributed by atoms with van der Waals surface area (Å²) in [5, 5.41) is 8.88. The molecule has 0 aliphatic rings. The van der Waals surface area contributed by atoms with Gasteiger partial charge < -0.3 is 15.8 Å². The van der Waals surface area contributed by atoms with E-state index in [9.17, 15) is 0 Å². The quantitative estimate of drug-likeness (QED) is 0.532. The number of nitrogens with one attached hydrogen (secondary N) is 1. The van der Waals surface area contributed by atoms with E-state index >= 15 is 0 Å². The normalized spacial score (nSPS) is 12.9. The van der Waals surface area contributed by atoms with Crippen molar-refractivity contribution in [2.75, 3.05) is 0 Å². The maximum atomic E-state index is 8.88. The molecule has 54 valence electrons. The summed E-state index contributed by atoms with van der Waals surface area (Å²) in [5.41, 5.74) is 6.32. The van der Waals surface area contributed by atoms with Gasteiger partial charge in [-0.3, -0.25) is 0 Å². The maximum Gasteiger partial charge on any atom is 0.133 e. The first-order valence-electron chi connectivity index (χ1n) is 2.99. The van der Waals surface area contributed by atoms with E-state index in [2.05, 4.69) is 11.6 Å². The Morgan fingerprint density at radius 1 is 1.80 bits per heavy atom. The largest absolute Gasteiger partial charge is 0.506 e. The topological polar surface area (TPSA) is 62.0 Å². The minimum atomic E-state index is -0.221. The van der Waals surface area contributed by atoms with Gasteiger partial charge in [0.1, 0.15) is 5.75 Å². The summed E-state index contributed by atoms with van der Waals surface area (Å²) in [6, 6.07) is 1.35. The zero-order valence-electron chi connectivity index (χ0n) is 5.54. The highest BCUT2D eigenvalue weighted by Gasteiger charge is 2.02. The molecule has 0 aromatic carbocycles. The van der Waals surface area contributed by atoms with Gasteiger partial charge in [0.05, 0.1) is 6.04 Å². The minimum Gasteiger partial charge on any atom is -0.506 e. The molecule has 1 heterocycles. The fourth-order valence-corrected chi connectivity index (χ4v) is 0.719. The number of aromatic hydroxyl groups is 1. The molecule has 0 aliphatic heterocycles. The van der Waals surface area contributed by atoms with Crippen molar-refractivity contribution in [2.24, 2.45) is 5.73 Å². The third-order valence-electron chi connectivity index (χ3n) is 1.30.